The van der Waals surface area contributed by atoms with E-state index in [1.54, 1.807) is 0 Å². The summed E-state index contributed by atoms with van der Waals surface area (Å²) in [5, 5.41) is 5.25. The summed E-state index contributed by atoms with van der Waals surface area (Å²) < 4.78 is 28.2. The second-order valence-electron chi connectivity index (χ2n) is 12.9. The number of carbonyl (C=O) groups excluding carboxylic acids is 2. The van der Waals surface area contributed by atoms with E-state index >= 15 is 0 Å². The molecular formula is C35H40N4O4S. The van der Waals surface area contributed by atoms with Gasteiger partial charge in [0.25, 0.3) is 5.91 Å². The first kappa shape index (κ1) is 29.2. The fourth-order valence-corrected chi connectivity index (χ4v) is 9.13. The molecule has 2 amide bonds. The number of aryl methyl sites for hydroxylation is 2. The van der Waals surface area contributed by atoms with Crippen LogP contribution in [-0.2, 0) is 38.9 Å². The van der Waals surface area contributed by atoms with Crippen LogP contribution in [0.2, 0.25) is 0 Å². The van der Waals surface area contributed by atoms with Crippen LogP contribution in [0.15, 0.2) is 71.7 Å². The third-order valence-electron chi connectivity index (χ3n) is 10.3. The van der Waals surface area contributed by atoms with Crippen LogP contribution < -0.4 is 5.32 Å². The van der Waals surface area contributed by atoms with E-state index in [-0.39, 0.29) is 42.5 Å². The predicted molar refractivity (Wildman–Crippen MR) is 172 cm³/mol. The van der Waals surface area contributed by atoms with Gasteiger partial charge in [-0.15, -0.1) is 0 Å². The van der Waals surface area contributed by atoms with Crippen LogP contribution in [0.5, 0.6) is 0 Å². The van der Waals surface area contributed by atoms with Gasteiger partial charge in [-0.05, 0) is 78.8 Å². The van der Waals surface area contributed by atoms with Crippen LogP contribution in [0.3, 0.4) is 0 Å². The minimum Gasteiger partial charge on any atom is -0.342 e. The maximum absolute atomic E-state index is 13.6. The average Bonchev–Trinajstić information content (AvgIpc) is 3.38. The quantitative estimate of drug-likeness (QED) is 0.453. The van der Waals surface area contributed by atoms with Crippen molar-refractivity contribution in [3.05, 3.63) is 83.4 Å². The number of hydrogen-bond acceptors (Lipinski definition) is 5. The van der Waals surface area contributed by atoms with Crippen molar-refractivity contribution in [2.75, 3.05) is 31.9 Å². The van der Waals surface area contributed by atoms with E-state index in [1.807, 2.05) is 53.4 Å². The number of carbonyl (C=O) groups is 2. The molecule has 2 fully saturated rings. The van der Waals surface area contributed by atoms with E-state index in [9.17, 15) is 18.0 Å². The molecule has 0 aromatic heterocycles. The van der Waals surface area contributed by atoms with Gasteiger partial charge in [-0.2, -0.15) is 0 Å². The van der Waals surface area contributed by atoms with Gasteiger partial charge in [-0.1, -0.05) is 66.7 Å². The number of amides is 2. The molecule has 4 aliphatic rings. The lowest BCUT2D eigenvalue weighted by molar-refractivity contribution is -0.137. The van der Waals surface area contributed by atoms with Gasteiger partial charge in [0.15, 0.2) is 0 Å². The number of amidine groups is 1. The second kappa shape index (κ2) is 11.7. The number of nitrogens with zero attached hydrogens (tertiary/aromatic N) is 3. The van der Waals surface area contributed by atoms with Gasteiger partial charge in [0.1, 0.15) is 11.4 Å². The Kier molecular flexibility index (Phi) is 7.79. The van der Waals surface area contributed by atoms with Gasteiger partial charge in [0.2, 0.25) is 15.9 Å². The molecular weight excluding hydrogens is 572 g/mol. The van der Waals surface area contributed by atoms with E-state index in [0.717, 1.165) is 55.0 Å². The van der Waals surface area contributed by atoms with Crippen LogP contribution >= 0.6 is 0 Å². The maximum Gasteiger partial charge on any atom is 0.253 e. The van der Waals surface area contributed by atoms with E-state index in [4.69, 9.17) is 4.99 Å². The lowest BCUT2D eigenvalue weighted by atomic mass is 9.82. The van der Waals surface area contributed by atoms with E-state index < -0.39 is 15.6 Å². The lowest BCUT2D eigenvalue weighted by Crippen LogP contribution is -2.51. The molecule has 9 heteroatoms. The van der Waals surface area contributed by atoms with Gasteiger partial charge in [0.05, 0.1) is 5.75 Å². The first-order valence-electron chi connectivity index (χ1n) is 16.0. The third kappa shape index (κ3) is 5.56. The van der Waals surface area contributed by atoms with Crippen molar-refractivity contribution in [3.63, 3.8) is 0 Å². The van der Waals surface area contributed by atoms with Crippen molar-refractivity contribution in [2.24, 2.45) is 16.8 Å². The molecule has 3 aromatic carbocycles. The summed E-state index contributed by atoms with van der Waals surface area (Å²) in [6.07, 6.45) is 5.53. The van der Waals surface area contributed by atoms with Crippen LogP contribution in [0, 0.1) is 11.8 Å². The number of nitrogens with one attached hydrogen (secondary N) is 1. The Morgan fingerprint density at radius 3 is 2.52 bits per heavy atom. The molecule has 2 saturated heterocycles. The SMILES string of the molecule is O=C(C1CCc2ccccc2C1)N1CCCC(C2=NC3(CCN(S(=O)(=O)CCc4cccc5ccccc45)CC3)C(=O)N2)C1. The van der Waals surface area contributed by atoms with Gasteiger partial charge in [0, 0.05) is 38.0 Å². The molecule has 7 rings (SSSR count). The number of sulfonamides is 1. The summed E-state index contributed by atoms with van der Waals surface area (Å²) in [6, 6.07) is 22.5. The van der Waals surface area contributed by atoms with Gasteiger partial charge in [-0.3, -0.25) is 14.6 Å². The largest absolute Gasteiger partial charge is 0.342 e. The number of piperidine rings is 2. The molecule has 2 atom stereocenters. The Bertz CT molecular complexity index is 1720. The highest BCUT2D eigenvalue weighted by Gasteiger charge is 2.48. The first-order valence-corrected chi connectivity index (χ1v) is 17.6. The highest BCUT2D eigenvalue weighted by Crippen LogP contribution is 2.34. The molecule has 44 heavy (non-hydrogen) atoms. The number of hydrogen-bond donors (Lipinski definition) is 1. The van der Waals surface area contributed by atoms with Gasteiger partial charge in [-0.25, -0.2) is 12.7 Å². The van der Waals surface area contributed by atoms with Gasteiger partial charge < -0.3 is 10.2 Å². The predicted octanol–water partition coefficient (Wildman–Crippen LogP) is 4.12. The smallest absolute Gasteiger partial charge is 0.253 e. The minimum absolute atomic E-state index is 0.00184. The molecule has 8 nitrogen and oxygen atoms in total. The van der Waals surface area contributed by atoms with Crippen LogP contribution in [-0.4, -0.2) is 72.7 Å². The van der Waals surface area contributed by atoms with Crippen molar-refractivity contribution < 1.29 is 18.0 Å². The van der Waals surface area contributed by atoms with Crippen LogP contribution in [0.4, 0.5) is 0 Å². The number of likely N-dealkylation sites (tertiary alicyclic amines) is 1. The fourth-order valence-electron chi connectivity index (χ4n) is 7.65. The third-order valence-corrected chi connectivity index (χ3v) is 12.1. The normalized spacial score (nSPS) is 23.8. The highest BCUT2D eigenvalue weighted by atomic mass is 32.2. The lowest BCUT2D eigenvalue weighted by Gasteiger charge is -2.36. The number of aliphatic imine (C=N–C) groups is 1. The highest BCUT2D eigenvalue weighted by molar-refractivity contribution is 7.89. The molecule has 0 bridgehead atoms. The molecule has 1 N–H and O–H groups in total. The summed E-state index contributed by atoms with van der Waals surface area (Å²) in [6.45, 7) is 1.87. The molecule has 3 heterocycles. The minimum atomic E-state index is -3.49. The summed E-state index contributed by atoms with van der Waals surface area (Å²) in [5.41, 5.74) is 2.74. The van der Waals surface area contributed by atoms with Crippen molar-refractivity contribution in [2.45, 2.75) is 56.9 Å². The van der Waals surface area contributed by atoms with E-state index in [0.29, 0.717) is 31.6 Å². The zero-order chi connectivity index (χ0) is 30.3. The summed E-state index contributed by atoms with van der Waals surface area (Å²) in [5.74, 6) is 0.788. The van der Waals surface area contributed by atoms with Crippen LogP contribution in [0.1, 0.15) is 48.8 Å². The average molecular weight is 613 g/mol. The Morgan fingerprint density at radius 2 is 1.68 bits per heavy atom. The van der Waals surface area contributed by atoms with Crippen LogP contribution in [0.25, 0.3) is 10.8 Å². The number of rotatable bonds is 6. The number of fused-ring (bicyclic) bond motifs is 2. The molecule has 3 aliphatic heterocycles. The van der Waals surface area contributed by atoms with Crippen molar-refractivity contribution >= 4 is 38.4 Å². The monoisotopic (exact) mass is 612 g/mol. The molecule has 0 radical (unpaired) electrons. The van der Waals surface area contributed by atoms with Crippen molar-refractivity contribution in [1.29, 1.82) is 0 Å². The zero-order valence-corrected chi connectivity index (χ0v) is 25.9. The summed E-state index contributed by atoms with van der Waals surface area (Å²) >= 11 is 0. The van der Waals surface area contributed by atoms with Crippen molar-refractivity contribution in [3.8, 4) is 0 Å². The second-order valence-corrected chi connectivity index (χ2v) is 15.0. The maximum atomic E-state index is 13.6. The fraction of sp³-hybridized carbons (Fsp3) is 0.457. The summed E-state index contributed by atoms with van der Waals surface area (Å²) in [4.78, 5) is 33.8. The zero-order valence-electron chi connectivity index (χ0n) is 25.1. The van der Waals surface area contributed by atoms with E-state index in [2.05, 4.69) is 23.5 Å². The van der Waals surface area contributed by atoms with E-state index in [1.165, 1.54) is 15.4 Å². The molecule has 230 valence electrons. The Hall–Kier alpha value is -3.56. The Labute approximate surface area is 259 Å². The number of benzene rings is 3. The Morgan fingerprint density at radius 1 is 0.932 bits per heavy atom. The standard InChI is InChI=1S/C35H40N4O4S/c40-33(29-15-14-25-7-1-2-9-28(25)23-29)38-19-6-12-30(24-38)32-36-34(41)35(37-32)17-20-39(21-18-35)44(42,43)22-16-27-11-5-10-26-8-3-4-13-31(26)27/h1-5,7-11,13,29-30H,6,12,14-24H2,(H,36,37,41). The first-order chi connectivity index (χ1) is 21.3. The topological polar surface area (TPSA) is 99.2 Å². The summed E-state index contributed by atoms with van der Waals surface area (Å²) in [7, 11) is -3.49. The Balaban J connectivity index is 0.974. The molecule has 3 aromatic rings. The molecule has 1 aliphatic carbocycles. The molecule has 0 saturated carbocycles. The van der Waals surface area contributed by atoms with Gasteiger partial charge >= 0.3 is 0 Å². The molecule has 2 unspecified atom stereocenters. The van der Waals surface area contributed by atoms with Crippen molar-refractivity contribution in [1.82, 2.24) is 14.5 Å². The molecule has 1 spiro atoms.